The average molecular weight is 282 g/mol. The normalized spacial score (nSPS) is 17.2. The Morgan fingerprint density at radius 1 is 1.37 bits per heavy atom. The molecule has 2 rings (SSSR count). The largest absolute Gasteiger partial charge is 0.310 e. The first-order valence-electron chi connectivity index (χ1n) is 6.88. The van der Waals surface area contributed by atoms with E-state index in [2.05, 4.69) is 23.9 Å². The highest BCUT2D eigenvalue weighted by Crippen LogP contribution is 2.30. The Morgan fingerprint density at radius 2 is 2.11 bits per heavy atom. The summed E-state index contributed by atoms with van der Waals surface area (Å²) in [6, 6.07) is 7.85. The molecule has 19 heavy (non-hydrogen) atoms. The fourth-order valence-electron chi connectivity index (χ4n) is 1.98. The molecule has 0 aliphatic heterocycles. The van der Waals surface area contributed by atoms with Crippen LogP contribution in [0.2, 0.25) is 0 Å². The van der Waals surface area contributed by atoms with Crippen LogP contribution in [0.3, 0.4) is 0 Å². The molecule has 0 bridgehead atoms. The van der Waals surface area contributed by atoms with E-state index in [-0.39, 0.29) is 11.3 Å². The van der Waals surface area contributed by atoms with Crippen molar-refractivity contribution >= 4 is 15.7 Å². The highest BCUT2D eigenvalue weighted by Gasteiger charge is 2.35. The van der Waals surface area contributed by atoms with Gasteiger partial charge in [-0.05, 0) is 50.4 Å². The summed E-state index contributed by atoms with van der Waals surface area (Å²) in [4.78, 5) is 0. The second-order valence-corrected chi connectivity index (χ2v) is 7.11. The summed E-state index contributed by atoms with van der Waals surface area (Å²) < 4.78 is 26.5. The molecule has 1 aromatic carbocycles. The standard InChI is InChI=1S/C14H22N2O2S/c1-3-9-15-11(2)12-5-4-6-13(10-12)16-19(17,18)14-7-8-14/h4-6,10-11,14-16H,3,7-9H2,1-2H3. The number of sulfonamides is 1. The van der Waals surface area contributed by atoms with E-state index < -0.39 is 10.0 Å². The van der Waals surface area contributed by atoms with Gasteiger partial charge < -0.3 is 5.32 Å². The van der Waals surface area contributed by atoms with Crippen LogP contribution in [0.1, 0.15) is 44.7 Å². The summed E-state index contributed by atoms with van der Waals surface area (Å²) in [6.07, 6.45) is 2.64. The van der Waals surface area contributed by atoms with Crippen LogP contribution in [0, 0.1) is 0 Å². The lowest BCUT2D eigenvalue weighted by atomic mass is 10.1. The van der Waals surface area contributed by atoms with Crippen LogP contribution >= 0.6 is 0 Å². The van der Waals surface area contributed by atoms with Gasteiger partial charge in [-0.3, -0.25) is 4.72 Å². The first-order chi connectivity index (χ1) is 9.03. The molecular formula is C14H22N2O2S. The summed E-state index contributed by atoms with van der Waals surface area (Å²) >= 11 is 0. The number of hydrogen-bond acceptors (Lipinski definition) is 3. The SMILES string of the molecule is CCCNC(C)c1cccc(NS(=O)(=O)C2CC2)c1. The molecule has 1 aliphatic rings. The molecule has 1 atom stereocenters. The lowest BCUT2D eigenvalue weighted by Gasteiger charge is -2.15. The van der Waals surface area contributed by atoms with Crippen LogP contribution in [0.15, 0.2) is 24.3 Å². The number of benzene rings is 1. The van der Waals surface area contributed by atoms with Crippen molar-refractivity contribution in [2.45, 2.75) is 44.4 Å². The third kappa shape index (κ3) is 3.94. The molecule has 106 valence electrons. The van der Waals surface area contributed by atoms with E-state index >= 15 is 0 Å². The summed E-state index contributed by atoms with van der Waals surface area (Å²) in [5, 5.41) is 3.21. The molecule has 0 spiro atoms. The van der Waals surface area contributed by atoms with Crippen molar-refractivity contribution < 1.29 is 8.42 Å². The Bertz CT molecular complexity index is 524. The number of anilines is 1. The van der Waals surface area contributed by atoms with Crippen molar-refractivity contribution in [2.75, 3.05) is 11.3 Å². The van der Waals surface area contributed by atoms with Crippen LogP contribution in [-0.4, -0.2) is 20.2 Å². The Labute approximate surface area is 115 Å². The molecule has 4 nitrogen and oxygen atoms in total. The molecule has 1 aromatic rings. The maximum Gasteiger partial charge on any atom is 0.235 e. The first-order valence-corrected chi connectivity index (χ1v) is 8.42. The van der Waals surface area contributed by atoms with Gasteiger partial charge in [-0.15, -0.1) is 0 Å². The zero-order valence-electron chi connectivity index (χ0n) is 11.5. The highest BCUT2D eigenvalue weighted by atomic mass is 32.2. The molecule has 1 saturated carbocycles. The smallest absolute Gasteiger partial charge is 0.235 e. The third-order valence-corrected chi connectivity index (χ3v) is 5.18. The first kappa shape index (κ1) is 14.3. The van der Waals surface area contributed by atoms with E-state index in [4.69, 9.17) is 0 Å². The van der Waals surface area contributed by atoms with Gasteiger partial charge >= 0.3 is 0 Å². The van der Waals surface area contributed by atoms with Gasteiger partial charge in [-0.25, -0.2) is 8.42 Å². The van der Waals surface area contributed by atoms with Crippen LogP contribution < -0.4 is 10.0 Å². The van der Waals surface area contributed by atoms with E-state index in [0.717, 1.165) is 31.4 Å². The molecular weight excluding hydrogens is 260 g/mol. The summed E-state index contributed by atoms with van der Waals surface area (Å²) in [5.74, 6) is 0. The predicted molar refractivity (Wildman–Crippen MR) is 78.7 cm³/mol. The topological polar surface area (TPSA) is 58.2 Å². The van der Waals surface area contributed by atoms with Crippen LogP contribution in [0.25, 0.3) is 0 Å². The number of rotatable bonds is 7. The molecule has 0 heterocycles. The van der Waals surface area contributed by atoms with Crippen molar-refractivity contribution in [1.29, 1.82) is 0 Å². The molecule has 0 radical (unpaired) electrons. The van der Waals surface area contributed by atoms with Crippen LogP contribution in [0.4, 0.5) is 5.69 Å². The van der Waals surface area contributed by atoms with E-state index in [0.29, 0.717) is 5.69 Å². The Morgan fingerprint density at radius 3 is 2.74 bits per heavy atom. The van der Waals surface area contributed by atoms with Gasteiger partial charge in [0.1, 0.15) is 0 Å². The van der Waals surface area contributed by atoms with Gasteiger partial charge in [0.2, 0.25) is 10.0 Å². The number of nitrogens with one attached hydrogen (secondary N) is 2. The lowest BCUT2D eigenvalue weighted by molar-refractivity contribution is 0.571. The molecule has 0 saturated heterocycles. The van der Waals surface area contributed by atoms with Gasteiger partial charge in [0.05, 0.1) is 5.25 Å². The van der Waals surface area contributed by atoms with Crippen molar-refractivity contribution in [3.63, 3.8) is 0 Å². The monoisotopic (exact) mass is 282 g/mol. The van der Waals surface area contributed by atoms with Gasteiger partial charge in [0.15, 0.2) is 0 Å². The van der Waals surface area contributed by atoms with Crippen molar-refractivity contribution in [3.8, 4) is 0 Å². The van der Waals surface area contributed by atoms with E-state index in [1.165, 1.54) is 0 Å². The van der Waals surface area contributed by atoms with Crippen molar-refractivity contribution in [3.05, 3.63) is 29.8 Å². The van der Waals surface area contributed by atoms with E-state index in [1.54, 1.807) is 6.07 Å². The molecule has 0 amide bonds. The molecule has 2 N–H and O–H groups in total. The van der Waals surface area contributed by atoms with E-state index in [1.807, 2.05) is 18.2 Å². The molecule has 5 heteroatoms. The molecule has 1 fully saturated rings. The minimum absolute atomic E-state index is 0.188. The zero-order chi connectivity index (χ0) is 13.9. The van der Waals surface area contributed by atoms with Gasteiger partial charge in [0, 0.05) is 11.7 Å². The van der Waals surface area contributed by atoms with Gasteiger partial charge in [-0.1, -0.05) is 19.1 Å². The van der Waals surface area contributed by atoms with E-state index in [9.17, 15) is 8.42 Å². The molecule has 0 aromatic heterocycles. The predicted octanol–water partition coefficient (Wildman–Crippen LogP) is 2.65. The molecule has 1 unspecified atom stereocenters. The fraction of sp³-hybridized carbons (Fsp3) is 0.571. The maximum atomic E-state index is 11.9. The fourth-order valence-corrected chi connectivity index (χ4v) is 3.35. The number of hydrogen-bond donors (Lipinski definition) is 2. The second kappa shape index (κ2) is 5.92. The maximum absolute atomic E-state index is 11.9. The summed E-state index contributed by atoms with van der Waals surface area (Å²) in [6.45, 7) is 5.17. The zero-order valence-corrected chi connectivity index (χ0v) is 12.3. The minimum Gasteiger partial charge on any atom is -0.310 e. The van der Waals surface area contributed by atoms with Crippen LogP contribution in [-0.2, 0) is 10.0 Å². The van der Waals surface area contributed by atoms with Crippen LogP contribution in [0.5, 0.6) is 0 Å². The van der Waals surface area contributed by atoms with Crippen molar-refractivity contribution in [2.24, 2.45) is 0 Å². The average Bonchev–Trinajstić information content (AvgIpc) is 3.20. The molecule has 1 aliphatic carbocycles. The lowest BCUT2D eigenvalue weighted by Crippen LogP contribution is -2.20. The highest BCUT2D eigenvalue weighted by molar-refractivity contribution is 7.93. The van der Waals surface area contributed by atoms with Crippen molar-refractivity contribution in [1.82, 2.24) is 5.32 Å². The van der Waals surface area contributed by atoms with Gasteiger partial charge in [-0.2, -0.15) is 0 Å². The third-order valence-electron chi connectivity index (χ3n) is 3.31. The Kier molecular flexibility index (Phi) is 4.47. The quantitative estimate of drug-likeness (QED) is 0.808. The second-order valence-electron chi connectivity index (χ2n) is 5.15. The Balaban J connectivity index is 2.06. The Hall–Kier alpha value is -1.07. The van der Waals surface area contributed by atoms with Gasteiger partial charge in [0.25, 0.3) is 0 Å². The minimum atomic E-state index is -3.17. The summed E-state index contributed by atoms with van der Waals surface area (Å²) in [7, 11) is -3.17. The summed E-state index contributed by atoms with van der Waals surface area (Å²) in [5.41, 5.74) is 1.76.